The molecule has 1 saturated heterocycles. The van der Waals surface area contributed by atoms with Gasteiger partial charge in [0.15, 0.2) is 0 Å². The molecule has 23 heavy (non-hydrogen) atoms. The van der Waals surface area contributed by atoms with Crippen LogP contribution in [-0.4, -0.2) is 37.9 Å². The van der Waals surface area contributed by atoms with E-state index >= 15 is 0 Å². The molecule has 6 heteroatoms. The van der Waals surface area contributed by atoms with Crippen LogP contribution in [0.25, 0.3) is 0 Å². The van der Waals surface area contributed by atoms with Crippen molar-refractivity contribution in [1.82, 2.24) is 5.32 Å². The van der Waals surface area contributed by atoms with Crippen molar-refractivity contribution in [3.05, 3.63) is 23.8 Å². The lowest BCUT2D eigenvalue weighted by Crippen LogP contribution is -2.41. The van der Waals surface area contributed by atoms with Crippen LogP contribution in [0.4, 0.5) is 0 Å². The van der Waals surface area contributed by atoms with Crippen LogP contribution < -0.4 is 15.5 Å². The van der Waals surface area contributed by atoms with Crippen LogP contribution >= 0.6 is 0 Å². The summed E-state index contributed by atoms with van der Waals surface area (Å²) in [4.78, 5) is 11.9. The Labute approximate surface area is 138 Å². The molecule has 0 aliphatic carbocycles. The normalized spacial score (nSPS) is 18.8. The lowest BCUT2D eigenvalue weighted by molar-refractivity contribution is -0.120. The fourth-order valence-corrected chi connectivity index (χ4v) is 2.50. The Morgan fingerprint density at radius 3 is 2.35 bits per heavy atom. The van der Waals surface area contributed by atoms with E-state index in [-0.39, 0.29) is 12.3 Å². The Bertz CT molecular complexity index is 570. The highest BCUT2D eigenvalue weighted by atomic mass is 16.7. The molecule has 1 amide bonds. The number of benzene rings is 1. The minimum atomic E-state index is -0.445. The van der Waals surface area contributed by atoms with Crippen LogP contribution in [0.1, 0.15) is 40.2 Å². The average molecular weight is 319 g/mol. The zero-order valence-electron chi connectivity index (χ0n) is 14.9. The van der Waals surface area contributed by atoms with Gasteiger partial charge in [-0.3, -0.25) is 4.79 Å². The van der Waals surface area contributed by atoms with Crippen LogP contribution in [0.2, 0.25) is 0 Å². The van der Waals surface area contributed by atoms with Gasteiger partial charge in [0, 0.05) is 12.1 Å². The van der Waals surface area contributed by atoms with Crippen molar-refractivity contribution < 1.29 is 18.8 Å². The Hall–Kier alpha value is -1.53. The number of hydrogen-bond donors (Lipinski definition) is 1. The van der Waals surface area contributed by atoms with E-state index in [0.717, 1.165) is 11.0 Å². The fraction of sp³-hybridized carbons (Fsp3) is 0.588. The van der Waals surface area contributed by atoms with Crippen molar-refractivity contribution >= 4 is 18.5 Å². The zero-order chi connectivity index (χ0) is 17.3. The number of carbonyl (C=O) groups excluding carboxylic acids is 1. The third-order valence-electron chi connectivity index (χ3n) is 4.55. The Kier molecular flexibility index (Phi) is 5.06. The molecule has 1 aliphatic rings. The van der Waals surface area contributed by atoms with Crippen molar-refractivity contribution in [3.8, 4) is 5.75 Å². The summed E-state index contributed by atoms with van der Waals surface area (Å²) in [5.74, 6) is 0.661. The first kappa shape index (κ1) is 17.8. The molecule has 1 N–H and O–H groups in total. The topological polar surface area (TPSA) is 56.8 Å². The van der Waals surface area contributed by atoms with E-state index in [1.165, 1.54) is 0 Å². The predicted molar refractivity (Wildman–Crippen MR) is 91.1 cm³/mol. The first-order chi connectivity index (χ1) is 10.7. The number of methoxy groups -OCH3 is 1. The number of ether oxygens (including phenoxy) is 1. The van der Waals surface area contributed by atoms with Crippen LogP contribution in [0.15, 0.2) is 18.2 Å². The SMILES string of the molecule is CCNC(=O)Cc1cc(B2OC(C)(C)C(C)(C)O2)ccc1OC. The second-order valence-electron chi connectivity index (χ2n) is 6.79. The molecule has 1 heterocycles. The van der Waals surface area contributed by atoms with Crippen LogP contribution in [0.5, 0.6) is 5.75 Å². The Morgan fingerprint density at radius 1 is 1.22 bits per heavy atom. The molecule has 0 atom stereocenters. The standard InChI is InChI=1S/C17H26BNO4/c1-7-19-15(20)11-12-10-13(8-9-14(12)21-6)18-22-16(2,3)17(4,5)23-18/h8-10H,7,11H2,1-6H3,(H,19,20). The van der Waals surface area contributed by atoms with Crippen molar-refractivity contribution in [1.29, 1.82) is 0 Å². The number of amides is 1. The van der Waals surface area contributed by atoms with Crippen molar-refractivity contribution in [3.63, 3.8) is 0 Å². The number of nitrogens with one attached hydrogen (secondary N) is 1. The summed E-state index contributed by atoms with van der Waals surface area (Å²) < 4.78 is 17.5. The van der Waals surface area contributed by atoms with E-state index in [1.54, 1.807) is 7.11 Å². The molecule has 0 radical (unpaired) electrons. The molecule has 1 aromatic rings. The third-order valence-corrected chi connectivity index (χ3v) is 4.55. The lowest BCUT2D eigenvalue weighted by atomic mass is 9.78. The summed E-state index contributed by atoms with van der Waals surface area (Å²) in [5, 5.41) is 2.80. The first-order valence-corrected chi connectivity index (χ1v) is 7.99. The van der Waals surface area contributed by atoms with Gasteiger partial charge in [-0.1, -0.05) is 12.1 Å². The summed E-state index contributed by atoms with van der Waals surface area (Å²) in [6.07, 6.45) is 0.268. The zero-order valence-corrected chi connectivity index (χ0v) is 14.9. The first-order valence-electron chi connectivity index (χ1n) is 7.99. The van der Waals surface area contributed by atoms with Gasteiger partial charge in [-0.2, -0.15) is 0 Å². The summed E-state index contributed by atoms with van der Waals surface area (Å²) in [7, 11) is 1.16. The van der Waals surface area contributed by atoms with Crippen molar-refractivity contribution in [2.75, 3.05) is 13.7 Å². The van der Waals surface area contributed by atoms with E-state index in [4.69, 9.17) is 14.0 Å². The van der Waals surface area contributed by atoms with Gasteiger partial charge in [-0.05, 0) is 46.1 Å². The van der Waals surface area contributed by atoms with Crippen molar-refractivity contribution in [2.24, 2.45) is 0 Å². The molecule has 1 aromatic carbocycles. The minimum Gasteiger partial charge on any atom is -0.496 e. The molecule has 0 saturated carbocycles. The maximum Gasteiger partial charge on any atom is 0.494 e. The molecule has 126 valence electrons. The summed E-state index contributed by atoms with van der Waals surface area (Å²) in [6.45, 7) is 10.6. The van der Waals surface area contributed by atoms with E-state index in [2.05, 4.69) is 5.32 Å². The summed E-state index contributed by atoms with van der Waals surface area (Å²) in [6, 6.07) is 5.70. The predicted octanol–water partition coefficient (Wildman–Crippen LogP) is 1.67. The Morgan fingerprint density at radius 2 is 1.83 bits per heavy atom. The highest BCUT2D eigenvalue weighted by Crippen LogP contribution is 2.36. The number of likely N-dealkylation sites (N-methyl/N-ethyl adjacent to an activating group) is 1. The third kappa shape index (κ3) is 3.70. The van der Waals surface area contributed by atoms with Gasteiger partial charge >= 0.3 is 7.12 Å². The monoisotopic (exact) mass is 319 g/mol. The number of hydrogen-bond acceptors (Lipinski definition) is 4. The van der Waals surface area contributed by atoms with Crippen LogP contribution in [-0.2, 0) is 20.5 Å². The molecular weight excluding hydrogens is 293 g/mol. The highest BCUT2D eigenvalue weighted by molar-refractivity contribution is 6.62. The largest absolute Gasteiger partial charge is 0.496 e. The van der Waals surface area contributed by atoms with E-state index < -0.39 is 18.3 Å². The van der Waals surface area contributed by atoms with Gasteiger partial charge in [-0.25, -0.2) is 0 Å². The quantitative estimate of drug-likeness (QED) is 0.839. The van der Waals surface area contributed by atoms with Gasteiger partial charge in [-0.15, -0.1) is 0 Å². The molecule has 1 fully saturated rings. The van der Waals surface area contributed by atoms with E-state index in [1.807, 2.05) is 52.8 Å². The molecule has 1 aliphatic heterocycles. The van der Waals surface area contributed by atoms with Gasteiger partial charge in [0.05, 0.1) is 24.7 Å². The van der Waals surface area contributed by atoms with Crippen molar-refractivity contribution in [2.45, 2.75) is 52.2 Å². The number of rotatable bonds is 5. The molecule has 0 unspecified atom stereocenters. The van der Waals surface area contributed by atoms with Crippen LogP contribution in [0.3, 0.4) is 0 Å². The summed E-state index contributed by atoms with van der Waals surface area (Å²) >= 11 is 0. The maximum atomic E-state index is 11.9. The molecule has 0 bridgehead atoms. The van der Waals surface area contributed by atoms with Gasteiger partial charge in [0.2, 0.25) is 5.91 Å². The van der Waals surface area contributed by atoms with Gasteiger partial charge < -0.3 is 19.4 Å². The molecule has 0 aromatic heterocycles. The molecular formula is C17H26BNO4. The number of carbonyl (C=O) groups is 1. The van der Waals surface area contributed by atoms with Crippen LogP contribution in [0, 0.1) is 0 Å². The smallest absolute Gasteiger partial charge is 0.494 e. The Balaban J connectivity index is 2.26. The second kappa shape index (κ2) is 6.53. The molecule has 5 nitrogen and oxygen atoms in total. The minimum absolute atomic E-state index is 0.0307. The lowest BCUT2D eigenvalue weighted by Gasteiger charge is -2.32. The van der Waals surface area contributed by atoms with Gasteiger partial charge in [0.1, 0.15) is 5.75 Å². The average Bonchev–Trinajstić information content (AvgIpc) is 2.67. The second-order valence-corrected chi connectivity index (χ2v) is 6.79. The molecule has 0 spiro atoms. The highest BCUT2D eigenvalue weighted by Gasteiger charge is 2.51. The van der Waals surface area contributed by atoms with E-state index in [0.29, 0.717) is 12.3 Å². The summed E-state index contributed by atoms with van der Waals surface area (Å²) in [5.41, 5.74) is 0.934. The van der Waals surface area contributed by atoms with E-state index in [9.17, 15) is 4.79 Å². The molecule has 2 rings (SSSR count). The maximum absolute atomic E-state index is 11.9. The van der Waals surface area contributed by atoms with Gasteiger partial charge in [0.25, 0.3) is 0 Å². The fourth-order valence-electron chi connectivity index (χ4n) is 2.50.